The molecular formula is C24H31N3O2. The molecule has 2 amide bonds. The van der Waals surface area contributed by atoms with E-state index in [-0.39, 0.29) is 17.7 Å². The fourth-order valence-corrected chi connectivity index (χ4v) is 3.66. The standard InChI is InChI=1S/C24H31N3O2/c1-19-10-12-20(13-11-19)17-27-18-21(16-23(27)28)24(29)25-14-6-7-15-26(2)22-8-4-3-5-9-22/h3-5,8-13,21H,6-7,14-18H2,1-2H3,(H,25,29). The largest absolute Gasteiger partial charge is 0.375 e. The van der Waals surface area contributed by atoms with Crippen molar-refractivity contribution in [2.45, 2.75) is 32.7 Å². The van der Waals surface area contributed by atoms with Gasteiger partial charge in [-0.15, -0.1) is 0 Å². The van der Waals surface area contributed by atoms with Gasteiger partial charge in [-0.1, -0.05) is 48.0 Å². The van der Waals surface area contributed by atoms with E-state index < -0.39 is 0 Å². The van der Waals surface area contributed by atoms with Crippen LogP contribution in [-0.2, 0) is 16.1 Å². The second-order valence-corrected chi connectivity index (χ2v) is 7.92. The van der Waals surface area contributed by atoms with Gasteiger partial charge in [-0.05, 0) is 37.5 Å². The second kappa shape index (κ2) is 10.1. The average Bonchev–Trinajstić information content (AvgIpc) is 3.10. The van der Waals surface area contributed by atoms with Crippen molar-refractivity contribution >= 4 is 17.5 Å². The average molecular weight is 394 g/mol. The summed E-state index contributed by atoms with van der Waals surface area (Å²) in [5.41, 5.74) is 3.51. The van der Waals surface area contributed by atoms with Gasteiger partial charge in [0.25, 0.3) is 0 Å². The van der Waals surface area contributed by atoms with E-state index >= 15 is 0 Å². The number of nitrogens with one attached hydrogen (secondary N) is 1. The summed E-state index contributed by atoms with van der Waals surface area (Å²) < 4.78 is 0. The Kier molecular flexibility index (Phi) is 7.28. The molecule has 0 radical (unpaired) electrons. The van der Waals surface area contributed by atoms with Gasteiger partial charge in [-0.3, -0.25) is 9.59 Å². The highest BCUT2D eigenvalue weighted by Crippen LogP contribution is 2.20. The predicted octanol–water partition coefficient (Wildman–Crippen LogP) is 3.38. The molecule has 1 fully saturated rings. The molecule has 1 aliphatic rings. The van der Waals surface area contributed by atoms with E-state index in [9.17, 15) is 9.59 Å². The third-order valence-corrected chi connectivity index (χ3v) is 5.50. The summed E-state index contributed by atoms with van der Waals surface area (Å²) in [6.45, 7) is 4.74. The Morgan fingerprint density at radius 1 is 1.10 bits per heavy atom. The Labute approximate surface area is 173 Å². The molecule has 1 N–H and O–H groups in total. The van der Waals surface area contributed by atoms with E-state index in [1.165, 1.54) is 11.3 Å². The number of likely N-dealkylation sites (tertiary alicyclic amines) is 1. The van der Waals surface area contributed by atoms with Gasteiger partial charge < -0.3 is 15.1 Å². The molecular weight excluding hydrogens is 362 g/mol. The normalized spacial score (nSPS) is 16.1. The number of unbranched alkanes of at least 4 members (excludes halogenated alkanes) is 1. The number of para-hydroxylation sites is 1. The van der Waals surface area contributed by atoms with Crippen LogP contribution in [0.15, 0.2) is 54.6 Å². The van der Waals surface area contributed by atoms with Crippen LogP contribution in [0.1, 0.15) is 30.4 Å². The molecule has 1 heterocycles. The number of carbonyl (C=O) groups is 2. The quantitative estimate of drug-likeness (QED) is 0.665. The van der Waals surface area contributed by atoms with Crippen LogP contribution in [0, 0.1) is 12.8 Å². The van der Waals surface area contributed by atoms with Gasteiger partial charge in [-0.25, -0.2) is 0 Å². The summed E-state index contributed by atoms with van der Waals surface area (Å²) in [6.07, 6.45) is 2.25. The monoisotopic (exact) mass is 393 g/mol. The first-order valence-electron chi connectivity index (χ1n) is 10.4. The molecule has 29 heavy (non-hydrogen) atoms. The zero-order valence-electron chi connectivity index (χ0n) is 17.4. The number of amides is 2. The van der Waals surface area contributed by atoms with Gasteiger partial charge in [0.05, 0.1) is 5.92 Å². The highest BCUT2D eigenvalue weighted by molar-refractivity contribution is 5.89. The van der Waals surface area contributed by atoms with Gasteiger partial charge >= 0.3 is 0 Å². The lowest BCUT2D eigenvalue weighted by molar-refractivity contribution is -0.129. The van der Waals surface area contributed by atoms with Crippen LogP contribution in [0.3, 0.4) is 0 Å². The first kappa shape index (κ1) is 20.9. The molecule has 2 aromatic rings. The molecule has 2 aromatic carbocycles. The van der Waals surface area contributed by atoms with Crippen molar-refractivity contribution < 1.29 is 9.59 Å². The molecule has 5 heteroatoms. The molecule has 1 atom stereocenters. The fraction of sp³-hybridized carbons (Fsp3) is 0.417. The number of hydrogen-bond donors (Lipinski definition) is 1. The zero-order chi connectivity index (χ0) is 20.6. The summed E-state index contributed by atoms with van der Waals surface area (Å²) in [7, 11) is 2.08. The van der Waals surface area contributed by atoms with Crippen molar-refractivity contribution in [2.24, 2.45) is 5.92 Å². The molecule has 0 aliphatic carbocycles. The molecule has 5 nitrogen and oxygen atoms in total. The lowest BCUT2D eigenvalue weighted by atomic mass is 10.1. The van der Waals surface area contributed by atoms with E-state index in [2.05, 4.69) is 41.5 Å². The number of anilines is 1. The number of nitrogens with zero attached hydrogens (tertiary/aromatic N) is 2. The molecule has 0 aromatic heterocycles. The van der Waals surface area contributed by atoms with Crippen molar-refractivity contribution in [3.63, 3.8) is 0 Å². The number of rotatable bonds is 9. The van der Waals surface area contributed by atoms with Crippen molar-refractivity contribution in [3.8, 4) is 0 Å². The number of hydrogen-bond acceptors (Lipinski definition) is 3. The lowest BCUT2D eigenvalue weighted by Crippen LogP contribution is -2.33. The number of benzene rings is 2. The maximum absolute atomic E-state index is 12.5. The van der Waals surface area contributed by atoms with Crippen molar-refractivity contribution in [3.05, 3.63) is 65.7 Å². The Hall–Kier alpha value is -2.82. The van der Waals surface area contributed by atoms with Gasteiger partial charge in [0, 0.05) is 45.3 Å². The first-order valence-corrected chi connectivity index (χ1v) is 10.4. The third-order valence-electron chi connectivity index (χ3n) is 5.50. The second-order valence-electron chi connectivity index (χ2n) is 7.92. The van der Waals surface area contributed by atoms with Crippen LogP contribution >= 0.6 is 0 Å². The maximum Gasteiger partial charge on any atom is 0.225 e. The predicted molar refractivity (Wildman–Crippen MR) is 117 cm³/mol. The number of carbonyl (C=O) groups excluding carboxylic acids is 2. The van der Waals surface area contributed by atoms with Crippen LogP contribution in [-0.4, -0.2) is 43.4 Å². The smallest absolute Gasteiger partial charge is 0.225 e. The SMILES string of the molecule is Cc1ccc(CN2CC(C(=O)NCCCCN(C)c3ccccc3)CC2=O)cc1. The first-order chi connectivity index (χ1) is 14.0. The minimum atomic E-state index is -0.236. The molecule has 154 valence electrons. The van der Waals surface area contributed by atoms with Gasteiger partial charge in [0.1, 0.15) is 0 Å². The van der Waals surface area contributed by atoms with Crippen molar-refractivity contribution in [1.29, 1.82) is 0 Å². The molecule has 0 saturated carbocycles. The molecule has 0 spiro atoms. The number of aryl methyl sites for hydroxylation is 1. The molecule has 0 bridgehead atoms. The molecule has 1 unspecified atom stereocenters. The minimum Gasteiger partial charge on any atom is -0.375 e. The van der Waals surface area contributed by atoms with Gasteiger partial charge in [-0.2, -0.15) is 0 Å². The maximum atomic E-state index is 12.5. The Morgan fingerprint density at radius 2 is 1.83 bits per heavy atom. The third kappa shape index (κ3) is 6.08. The zero-order valence-corrected chi connectivity index (χ0v) is 17.4. The summed E-state index contributed by atoms with van der Waals surface area (Å²) >= 11 is 0. The van der Waals surface area contributed by atoms with Crippen LogP contribution in [0.25, 0.3) is 0 Å². The van der Waals surface area contributed by atoms with Crippen LogP contribution in [0.5, 0.6) is 0 Å². The summed E-state index contributed by atoms with van der Waals surface area (Å²) in [6, 6.07) is 18.5. The molecule has 1 aliphatic heterocycles. The van der Waals surface area contributed by atoms with Crippen LogP contribution in [0.4, 0.5) is 5.69 Å². The summed E-state index contributed by atoms with van der Waals surface area (Å²) in [5, 5.41) is 3.01. The summed E-state index contributed by atoms with van der Waals surface area (Å²) in [4.78, 5) is 28.8. The molecule has 1 saturated heterocycles. The van der Waals surface area contributed by atoms with Crippen LogP contribution < -0.4 is 10.2 Å². The molecule has 3 rings (SSSR count). The Bertz CT molecular complexity index is 805. The topological polar surface area (TPSA) is 52.7 Å². The van der Waals surface area contributed by atoms with E-state index in [1.54, 1.807) is 4.90 Å². The van der Waals surface area contributed by atoms with Crippen molar-refractivity contribution in [2.75, 3.05) is 31.6 Å². The Morgan fingerprint density at radius 3 is 2.55 bits per heavy atom. The van der Waals surface area contributed by atoms with E-state index in [0.29, 0.717) is 26.1 Å². The van der Waals surface area contributed by atoms with Crippen molar-refractivity contribution in [1.82, 2.24) is 10.2 Å². The highest BCUT2D eigenvalue weighted by atomic mass is 16.2. The van der Waals surface area contributed by atoms with E-state index in [1.807, 2.05) is 37.3 Å². The fourth-order valence-electron chi connectivity index (χ4n) is 3.66. The van der Waals surface area contributed by atoms with Gasteiger partial charge in [0.2, 0.25) is 11.8 Å². The van der Waals surface area contributed by atoms with Gasteiger partial charge in [0.15, 0.2) is 0 Å². The minimum absolute atomic E-state index is 0.00108. The van der Waals surface area contributed by atoms with Crippen LogP contribution in [0.2, 0.25) is 0 Å². The Balaban J connectivity index is 1.35. The highest BCUT2D eigenvalue weighted by Gasteiger charge is 2.33. The lowest BCUT2D eigenvalue weighted by Gasteiger charge is -2.19. The van der Waals surface area contributed by atoms with E-state index in [4.69, 9.17) is 0 Å². The van der Waals surface area contributed by atoms with E-state index in [0.717, 1.165) is 24.9 Å². The summed E-state index contributed by atoms with van der Waals surface area (Å²) in [5.74, 6) is -0.170.